The molecule has 2 aromatic carbocycles. The zero-order chi connectivity index (χ0) is 21.3. The van der Waals surface area contributed by atoms with Crippen LogP contribution < -0.4 is 9.47 Å². The molecule has 2 atom stereocenters. The molecule has 4 heteroatoms. The Bertz CT molecular complexity index is 721. The minimum Gasteiger partial charge on any atom is -0.463 e. The fourth-order valence-electron chi connectivity index (χ4n) is 2.88. The van der Waals surface area contributed by atoms with E-state index >= 15 is 0 Å². The molecule has 0 spiro atoms. The Morgan fingerprint density at radius 2 is 1.00 bits per heavy atom. The summed E-state index contributed by atoms with van der Waals surface area (Å²) in [7, 11) is 0. The van der Waals surface area contributed by atoms with Gasteiger partial charge in [0.2, 0.25) is 12.6 Å². The molecule has 0 N–H and O–H groups in total. The van der Waals surface area contributed by atoms with Gasteiger partial charge in [-0.05, 0) is 49.2 Å². The third-order valence-corrected chi connectivity index (χ3v) is 4.57. The van der Waals surface area contributed by atoms with Gasteiger partial charge in [-0.1, -0.05) is 50.3 Å². The van der Waals surface area contributed by atoms with E-state index in [4.69, 9.17) is 18.9 Å². The number of ether oxygens (including phenoxy) is 4. The molecule has 2 unspecified atom stereocenters. The number of rotatable bonds is 10. The molecule has 0 amide bonds. The normalized spacial score (nSPS) is 14.0. The van der Waals surface area contributed by atoms with Crippen LogP contribution in [0.2, 0.25) is 0 Å². The van der Waals surface area contributed by atoms with Gasteiger partial charge in [-0.2, -0.15) is 0 Å². The average molecular weight is 397 g/mol. The highest BCUT2D eigenvalue weighted by Gasteiger charge is 2.23. The average Bonchev–Trinajstić information content (AvgIpc) is 2.71. The molecule has 0 heterocycles. The van der Waals surface area contributed by atoms with Crippen LogP contribution in [0.1, 0.15) is 52.7 Å². The first kappa shape index (κ1) is 22.4. The van der Waals surface area contributed by atoms with E-state index in [9.17, 15) is 0 Å². The Balaban J connectivity index is 2.05. The molecular weight excluding hydrogens is 364 g/mol. The van der Waals surface area contributed by atoms with E-state index < -0.39 is 0 Å². The maximum Gasteiger partial charge on any atom is 0.237 e. The molecule has 156 valence electrons. The van der Waals surface area contributed by atoms with Crippen molar-refractivity contribution in [2.45, 2.75) is 59.5 Å². The van der Waals surface area contributed by atoms with E-state index in [0.29, 0.717) is 0 Å². The zero-order valence-corrected chi connectivity index (χ0v) is 18.2. The van der Waals surface area contributed by atoms with Crippen LogP contribution in [-0.2, 0) is 14.9 Å². The van der Waals surface area contributed by atoms with Crippen molar-refractivity contribution in [2.75, 3.05) is 0 Å². The number of hydrogen-bond donors (Lipinski definition) is 0. The predicted molar refractivity (Wildman–Crippen MR) is 117 cm³/mol. The van der Waals surface area contributed by atoms with Gasteiger partial charge >= 0.3 is 0 Å². The van der Waals surface area contributed by atoms with Gasteiger partial charge in [0, 0.05) is 19.3 Å². The second-order valence-electron chi connectivity index (χ2n) is 7.26. The van der Waals surface area contributed by atoms with E-state index in [1.807, 2.05) is 64.1 Å². The Labute approximate surface area is 174 Å². The van der Waals surface area contributed by atoms with Gasteiger partial charge in [0.15, 0.2) is 0 Å². The van der Waals surface area contributed by atoms with Gasteiger partial charge in [-0.25, -0.2) is 0 Å². The van der Waals surface area contributed by atoms with Crippen molar-refractivity contribution >= 4 is 0 Å². The van der Waals surface area contributed by atoms with E-state index in [-0.39, 0.29) is 18.0 Å². The minimum atomic E-state index is -0.336. The molecule has 0 aliphatic rings. The highest BCUT2D eigenvalue weighted by molar-refractivity contribution is 5.41. The van der Waals surface area contributed by atoms with Crippen LogP contribution in [0.3, 0.4) is 0 Å². The van der Waals surface area contributed by atoms with Crippen LogP contribution >= 0.6 is 0 Å². The molecule has 0 saturated carbocycles. The van der Waals surface area contributed by atoms with Gasteiger partial charge in [-0.15, -0.1) is 0 Å². The fraction of sp³-hybridized carbons (Fsp3) is 0.360. The second-order valence-corrected chi connectivity index (χ2v) is 7.26. The summed E-state index contributed by atoms with van der Waals surface area (Å²) in [6.45, 7) is 11.9. The smallest absolute Gasteiger partial charge is 0.237 e. The quantitative estimate of drug-likeness (QED) is 0.336. The molecule has 0 aromatic heterocycles. The van der Waals surface area contributed by atoms with Gasteiger partial charge in [-0.3, -0.25) is 0 Å². The van der Waals surface area contributed by atoms with Crippen LogP contribution in [0.15, 0.2) is 73.2 Å². The van der Waals surface area contributed by atoms with Crippen LogP contribution in [0.25, 0.3) is 0 Å². The fourth-order valence-corrected chi connectivity index (χ4v) is 2.88. The standard InChI is InChI=1S/C25H32O4/c1-7-17-26-19(3)28-23-13-9-21(10-14-23)25(5,6)22-11-15-24(16-12-22)29-20(4)27-18-8-2/h7-20H,1-6H3. The summed E-state index contributed by atoms with van der Waals surface area (Å²) >= 11 is 0. The van der Waals surface area contributed by atoms with Gasteiger partial charge in [0.1, 0.15) is 11.5 Å². The van der Waals surface area contributed by atoms with Gasteiger partial charge < -0.3 is 18.9 Å². The van der Waals surface area contributed by atoms with Crippen molar-refractivity contribution in [3.63, 3.8) is 0 Å². The van der Waals surface area contributed by atoms with Crippen LogP contribution in [0, 0.1) is 0 Å². The second kappa shape index (κ2) is 10.6. The summed E-state index contributed by atoms with van der Waals surface area (Å²) in [4.78, 5) is 0. The van der Waals surface area contributed by atoms with Gasteiger partial charge in [0.25, 0.3) is 0 Å². The molecule has 0 aliphatic carbocycles. The molecule has 0 aliphatic heterocycles. The summed E-state index contributed by atoms with van der Waals surface area (Å²) in [6, 6.07) is 16.3. The molecule has 29 heavy (non-hydrogen) atoms. The molecule has 0 bridgehead atoms. The maximum atomic E-state index is 5.76. The van der Waals surface area contributed by atoms with E-state index in [1.165, 1.54) is 11.1 Å². The largest absolute Gasteiger partial charge is 0.463 e. The van der Waals surface area contributed by atoms with Crippen LogP contribution in [0.5, 0.6) is 11.5 Å². The topological polar surface area (TPSA) is 36.9 Å². The van der Waals surface area contributed by atoms with Crippen molar-refractivity contribution in [1.82, 2.24) is 0 Å². The molecule has 0 saturated heterocycles. The zero-order valence-electron chi connectivity index (χ0n) is 18.2. The van der Waals surface area contributed by atoms with Crippen molar-refractivity contribution < 1.29 is 18.9 Å². The van der Waals surface area contributed by atoms with Crippen molar-refractivity contribution in [3.05, 3.63) is 84.3 Å². The highest BCUT2D eigenvalue weighted by atomic mass is 16.7. The maximum absolute atomic E-state index is 5.76. The molecule has 0 radical (unpaired) electrons. The van der Waals surface area contributed by atoms with E-state index in [2.05, 4.69) is 38.1 Å². The third-order valence-electron chi connectivity index (χ3n) is 4.57. The summed E-state index contributed by atoms with van der Waals surface area (Å²) in [6.07, 6.45) is 6.25. The lowest BCUT2D eigenvalue weighted by atomic mass is 9.78. The van der Waals surface area contributed by atoms with E-state index in [1.54, 1.807) is 12.5 Å². The lowest BCUT2D eigenvalue weighted by Crippen LogP contribution is -2.19. The SMILES string of the molecule is CC=COC(C)Oc1ccc(C(C)(C)c2ccc(OC(C)OC=CC)cc2)cc1. The number of benzene rings is 2. The Hall–Kier alpha value is -2.88. The predicted octanol–water partition coefficient (Wildman–Crippen LogP) is 6.56. The monoisotopic (exact) mass is 396 g/mol. The first-order valence-corrected chi connectivity index (χ1v) is 9.94. The van der Waals surface area contributed by atoms with Gasteiger partial charge in [0.05, 0.1) is 12.5 Å². The summed E-state index contributed by atoms with van der Waals surface area (Å²) < 4.78 is 22.3. The molecule has 2 aromatic rings. The van der Waals surface area contributed by atoms with Crippen molar-refractivity contribution in [1.29, 1.82) is 0 Å². The van der Waals surface area contributed by atoms with Crippen molar-refractivity contribution in [2.24, 2.45) is 0 Å². The summed E-state index contributed by atoms with van der Waals surface area (Å²) in [5, 5.41) is 0. The van der Waals surface area contributed by atoms with Crippen LogP contribution in [0.4, 0.5) is 0 Å². The summed E-state index contributed by atoms with van der Waals surface area (Å²) in [5.41, 5.74) is 2.24. The molecule has 4 nitrogen and oxygen atoms in total. The Kier molecular flexibility index (Phi) is 8.20. The lowest BCUT2D eigenvalue weighted by Gasteiger charge is -2.27. The first-order chi connectivity index (χ1) is 13.9. The van der Waals surface area contributed by atoms with Crippen LogP contribution in [-0.4, -0.2) is 12.6 Å². The number of hydrogen-bond acceptors (Lipinski definition) is 4. The summed E-state index contributed by atoms with van der Waals surface area (Å²) in [5.74, 6) is 1.56. The Morgan fingerprint density at radius 3 is 1.31 bits per heavy atom. The number of allylic oxidation sites excluding steroid dienone is 2. The lowest BCUT2D eigenvalue weighted by molar-refractivity contribution is -0.0141. The van der Waals surface area contributed by atoms with Crippen molar-refractivity contribution in [3.8, 4) is 11.5 Å². The molecule has 2 rings (SSSR count). The third kappa shape index (κ3) is 6.60. The van der Waals surface area contributed by atoms with E-state index in [0.717, 1.165) is 11.5 Å². The highest BCUT2D eigenvalue weighted by Crippen LogP contribution is 2.33. The minimum absolute atomic E-state index is 0.156. The Morgan fingerprint density at radius 1 is 0.655 bits per heavy atom. The molecular formula is C25H32O4. The molecule has 0 fully saturated rings. The first-order valence-electron chi connectivity index (χ1n) is 9.94.